The molecule has 8 heteroatoms. The number of halogens is 1. The third kappa shape index (κ3) is 7.03. The van der Waals surface area contributed by atoms with E-state index in [2.05, 4.69) is 10.6 Å². The highest BCUT2D eigenvalue weighted by Gasteiger charge is 2.25. The molecule has 0 bridgehead atoms. The van der Waals surface area contributed by atoms with Crippen LogP contribution >= 0.6 is 11.6 Å². The average Bonchev–Trinajstić information content (AvgIpc) is 2.60. The van der Waals surface area contributed by atoms with Crippen molar-refractivity contribution in [2.24, 2.45) is 0 Å². The molecule has 1 aliphatic heterocycles. The van der Waals surface area contributed by atoms with Crippen LogP contribution in [0.4, 0.5) is 4.79 Å². The molecule has 3 amide bonds. The van der Waals surface area contributed by atoms with Crippen LogP contribution in [0.1, 0.15) is 50.4 Å². The number of piperidine rings is 1. The van der Waals surface area contributed by atoms with Gasteiger partial charge in [0.2, 0.25) is 5.91 Å². The van der Waals surface area contributed by atoms with Gasteiger partial charge in [-0.05, 0) is 45.7 Å². The van der Waals surface area contributed by atoms with Crippen LogP contribution in [0.15, 0.2) is 24.3 Å². The molecular weight excluding hydrogens is 382 g/mol. The van der Waals surface area contributed by atoms with Crippen molar-refractivity contribution in [2.75, 3.05) is 19.6 Å². The number of rotatable bonds is 5. The minimum absolute atomic E-state index is 0.0179. The van der Waals surface area contributed by atoms with Gasteiger partial charge in [-0.15, -0.1) is 0 Å². The highest BCUT2D eigenvalue weighted by atomic mass is 35.5. The number of nitrogens with one attached hydrogen (secondary N) is 2. The van der Waals surface area contributed by atoms with Gasteiger partial charge in [-0.25, -0.2) is 4.79 Å². The van der Waals surface area contributed by atoms with Crippen molar-refractivity contribution in [3.63, 3.8) is 0 Å². The van der Waals surface area contributed by atoms with E-state index in [0.717, 1.165) is 0 Å². The Morgan fingerprint density at radius 3 is 2.43 bits per heavy atom. The van der Waals surface area contributed by atoms with Gasteiger partial charge in [0.25, 0.3) is 5.91 Å². The standard InChI is InChI=1S/C20H28ClN3O4/c1-20(2,3)28-19(27)22-11-8-17(25)23-14-9-12-24(13-10-14)18(26)15-6-4-5-7-16(15)21/h4-7,14H,8-13H2,1-3H3,(H,22,27)(H,23,25). The Kier molecular flexibility index (Phi) is 7.69. The van der Waals surface area contributed by atoms with Gasteiger partial charge in [-0.3, -0.25) is 9.59 Å². The number of carbonyl (C=O) groups is 3. The first-order valence-electron chi connectivity index (χ1n) is 9.46. The van der Waals surface area contributed by atoms with Crippen molar-refractivity contribution in [3.8, 4) is 0 Å². The molecule has 1 aromatic rings. The Morgan fingerprint density at radius 2 is 1.82 bits per heavy atom. The summed E-state index contributed by atoms with van der Waals surface area (Å²) in [6.45, 7) is 6.67. The molecule has 0 aromatic heterocycles. The average molecular weight is 410 g/mol. The first kappa shape index (κ1) is 22.0. The molecular formula is C20H28ClN3O4. The Balaban J connectivity index is 1.69. The lowest BCUT2D eigenvalue weighted by molar-refractivity contribution is -0.121. The van der Waals surface area contributed by atoms with Crippen molar-refractivity contribution in [2.45, 2.75) is 51.7 Å². The van der Waals surface area contributed by atoms with Gasteiger partial charge in [0.1, 0.15) is 5.60 Å². The van der Waals surface area contributed by atoms with Gasteiger partial charge in [-0.1, -0.05) is 23.7 Å². The van der Waals surface area contributed by atoms with Crippen LogP contribution in [-0.2, 0) is 9.53 Å². The second kappa shape index (κ2) is 9.78. The molecule has 0 atom stereocenters. The molecule has 1 saturated heterocycles. The van der Waals surface area contributed by atoms with Crippen LogP contribution in [0.5, 0.6) is 0 Å². The van der Waals surface area contributed by atoms with E-state index in [1.807, 2.05) is 0 Å². The highest BCUT2D eigenvalue weighted by molar-refractivity contribution is 6.33. The zero-order chi connectivity index (χ0) is 20.7. The summed E-state index contributed by atoms with van der Waals surface area (Å²) in [5, 5.41) is 5.97. The van der Waals surface area contributed by atoms with E-state index in [1.54, 1.807) is 49.9 Å². The normalized spacial score (nSPS) is 15.1. The zero-order valence-electron chi connectivity index (χ0n) is 16.6. The first-order chi connectivity index (χ1) is 13.2. The second-order valence-electron chi connectivity index (χ2n) is 7.79. The molecule has 154 valence electrons. The van der Waals surface area contributed by atoms with Gasteiger partial charge >= 0.3 is 6.09 Å². The van der Waals surface area contributed by atoms with E-state index >= 15 is 0 Å². The highest BCUT2D eigenvalue weighted by Crippen LogP contribution is 2.20. The summed E-state index contributed by atoms with van der Waals surface area (Å²) < 4.78 is 5.12. The third-order valence-corrected chi connectivity index (χ3v) is 4.60. The van der Waals surface area contributed by atoms with E-state index in [0.29, 0.717) is 36.5 Å². The lowest BCUT2D eigenvalue weighted by Gasteiger charge is -2.32. The fourth-order valence-corrected chi connectivity index (χ4v) is 3.14. The van der Waals surface area contributed by atoms with Gasteiger partial charge in [-0.2, -0.15) is 0 Å². The van der Waals surface area contributed by atoms with Crippen LogP contribution in [0.25, 0.3) is 0 Å². The number of hydrogen-bond acceptors (Lipinski definition) is 4. The molecule has 28 heavy (non-hydrogen) atoms. The molecule has 0 unspecified atom stereocenters. The van der Waals surface area contributed by atoms with Crippen LogP contribution in [0, 0.1) is 0 Å². The lowest BCUT2D eigenvalue weighted by Crippen LogP contribution is -2.47. The molecule has 1 heterocycles. The quantitative estimate of drug-likeness (QED) is 0.782. The summed E-state index contributed by atoms with van der Waals surface area (Å²) in [7, 11) is 0. The predicted octanol–water partition coefficient (Wildman–Crippen LogP) is 2.98. The van der Waals surface area contributed by atoms with Crippen LogP contribution in [0.2, 0.25) is 5.02 Å². The van der Waals surface area contributed by atoms with Crippen molar-refractivity contribution in [1.29, 1.82) is 0 Å². The lowest BCUT2D eigenvalue weighted by atomic mass is 10.0. The van der Waals surface area contributed by atoms with Crippen molar-refractivity contribution in [3.05, 3.63) is 34.9 Å². The molecule has 0 aliphatic carbocycles. The molecule has 1 fully saturated rings. The maximum atomic E-state index is 12.6. The Labute approximate surface area is 170 Å². The molecule has 7 nitrogen and oxygen atoms in total. The molecule has 2 N–H and O–H groups in total. The van der Waals surface area contributed by atoms with E-state index < -0.39 is 11.7 Å². The van der Waals surface area contributed by atoms with Gasteiger partial charge in [0.15, 0.2) is 0 Å². The number of nitrogens with zero attached hydrogens (tertiary/aromatic N) is 1. The van der Waals surface area contributed by atoms with Gasteiger partial charge < -0.3 is 20.3 Å². The fraction of sp³-hybridized carbons (Fsp3) is 0.550. The largest absolute Gasteiger partial charge is 0.444 e. The summed E-state index contributed by atoms with van der Waals surface area (Å²) in [6.07, 6.45) is 1.01. The third-order valence-electron chi connectivity index (χ3n) is 4.27. The van der Waals surface area contributed by atoms with Crippen LogP contribution in [-0.4, -0.2) is 54.1 Å². The summed E-state index contributed by atoms with van der Waals surface area (Å²) in [6, 6.07) is 7.02. The molecule has 1 aliphatic rings. The zero-order valence-corrected chi connectivity index (χ0v) is 17.3. The summed E-state index contributed by atoms with van der Waals surface area (Å²) >= 11 is 6.10. The molecule has 0 spiro atoms. The second-order valence-corrected chi connectivity index (χ2v) is 8.20. The van der Waals surface area contributed by atoms with Crippen LogP contribution in [0.3, 0.4) is 0 Å². The summed E-state index contributed by atoms with van der Waals surface area (Å²) in [5.74, 6) is -0.219. The Hall–Kier alpha value is -2.28. The first-order valence-corrected chi connectivity index (χ1v) is 9.83. The molecule has 0 saturated carbocycles. The van der Waals surface area contributed by atoms with Crippen molar-refractivity contribution in [1.82, 2.24) is 15.5 Å². The SMILES string of the molecule is CC(C)(C)OC(=O)NCCC(=O)NC1CCN(C(=O)c2ccccc2Cl)CC1. The molecule has 0 radical (unpaired) electrons. The number of hydrogen-bond donors (Lipinski definition) is 2. The fourth-order valence-electron chi connectivity index (χ4n) is 2.92. The summed E-state index contributed by atoms with van der Waals surface area (Å²) in [4.78, 5) is 37.9. The smallest absolute Gasteiger partial charge is 0.407 e. The maximum Gasteiger partial charge on any atom is 0.407 e. The van der Waals surface area contributed by atoms with Crippen molar-refractivity contribution >= 4 is 29.5 Å². The van der Waals surface area contributed by atoms with E-state index in [-0.39, 0.29) is 30.8 Å². The molecule has 1 aromatic carbocycles. The van der Waals surface area contributed by atoms with Gasteiger partial charge in [0, 0.05) is 32.1 Å². The topological polar surface area (TPSA) is 87.7 Å². The van der Waals surface area contributed by atoms with E-state index in [4.69, 9.17) is 16.3 Å². The number of carbonyl (C=O) groups excluding carboxylic acids is 3. The minimum atomic E-state index is -0.568. The van der Waals surface area contributed by atoms with Crippen LogP contribution < -0.4 is 10.6 Å². The number of ether oxygens (including phenoxy) is 1. The minimum Gasteiger partial charge on any atom is -0.444 e. The predicted molar refractivity (Wildman–Crippen MR) is 107 cm³/mol. The van der Waals surface area contributed by atoms with E-state index in [1.165, 1.54) is 0 Å². The Morgan fingerprint density at radius 1 is 1.18 bits per heavy atom. The monoisotopic (exact) mass is 409 g/mol. The van der Waals surface area contributed by atoms with Gasteiger partial charge in [0.05, 0.1) is 10.6 Å². The number of alkyl carbamates (subject to hydrolysis) is 1. The number of benzene rings is 1. The number of amides is 3. The molecule has 2 rings (SSSR count). The van der Waals surface area contributed by atoms with Crippen molar-refractivity contribution < 1.29 is 19.1 Å². The Bertz CT molecular complexity index is 710. The number of likely N-dealkylation sites (tertiary alicyclic amines) is 1. The summed E-state index contributed by atoms with van der Waals surface area (Å²) in [5.41, 5.74) is -0.0679. The maximum absolute atomic E-state index is 12.6. The van der Waals surface area contributed by atoms with E-state index in [9.17, 15) is 14.4 Å².